The highest BCUT2D eigenvalue weighted by Gasteiger charge is 2.59. The van der Waals surface area contributed by atoms with Gasteiger partial charge in [0.15, 0.2) is 0 Å². The number of fused-ring (bicyclic) bond motifs is 1. The summed E-state index contributed by atoms with van der Waals surface area (Å²) < 4.78 is 17.0. The second-order valence-corrected chi connectivity index (χ2v) is 7.98. The number of piperazine rings is 1. The highest BCUT2D eigenvalue weighted by Crippen LogP contribution is 2.46. The lowest BCUT2D eigenvalue weighted by molar-refractivity contribution is -0.181. The van der Waals surface area contributed by atoms with Crippen LogP contribution < -0.4 is 4.90 Å². The van der Waals surface area contributed by atoms with E-state index in [2.05, 4.69) is 20.9 Å². The molecule has 5 atom stereocenters. The number of aliphatic hydroxyl groups is 1. The van der Waals surface area contributed by atoms with Crippen LogP contribution in [-0.4, -0.2) is 92.5 Å². The molecule has 3 fully saturated rings. The fraction of sp³-hybridized carbons (Fsp3) is 0.750. The third kappa shape index (κ3) is 3.59. The van der Waals surface area contributed by atoms with E-state index in [1.165, 1.54) is 0 Å². The van der Waals surface area contributed by atoms with Gasteiger partial charge in [0.05, 0.1) is 31.5 Å². The molecule has 3 heterocycles. The summed E-state index contributed by atoms with van der Waals surface area (Å²) in [5.74, 6) is 1.21. The van der Waals surface area contributed by atoms with Crippen LogP contribution in [-0.2, 0) is 14.2 Å². The Morgan fingerprint density at radius 2 is 2.04 bits per heavy atom. The normalized spacial score (nSPS) is 37.4. The highest BCUT2D eigenvalue weighted by atomic mass is 16.5. The van der Waals surface area contributed by atoms with Gasteiger partial charge < -0.3 is 24.2 Å². The van der Waals surface area contributed by atoms with E-state index < -0.39 is 5.60 Å². The lowest BCUT2D eigenvalue weighted by Gasteiger charge is -2.48. The fourth-order valence-electron chi connectivity index (χ4n) is 5.17. The van der Waals surface area contributed by atoms with Crippen molar-refractivity contribution in [3.8, 4) is 0 Å². The highest BCUT2D eigenvalue weighted by molar-refractivity contribution is 5.38. The van der Waals surface area contributed by atoms with Gasteiger partial charge in [-0.3, -0.25) is 4.90 Å². The van der Waals surface area contributed by atoms with E-state index in [1.807, 2.05) is 18.3 Å². The van der Waals surface area contributed by atoms with Crippen molar-refractivity contribution in [3.05, 3.63) is 24.4 Å². The molecule has 1 saturated carbocycles. The molecule has 1 aromatic rings. The van der Waals surface area contributed by atoms with E-state index >= 15 is 0 Å². The molecule has 1 aliphatic carbocycles. The zero-order valence-electron chi connectivity index (χ0n) is 16.3. The lowest BCUT2D eigenvalue weighted by Crippen LogP contribution is -2.64. The van der Waals surface area contributed by atoms with Crippen LogP contribution in [0, 0.1) is 5.92 Å². The molecule has 7 heteroatoms. The van der Waals surface area contributed by atoms with E-state index in [0.717, 1.165) is 44.8 Å². The molecule has 1 aromatic heterocycles. The molecular weight excluding hydrogens is 346 g/mol. The van der Waals surface area contributed by atoms with Gasteiger partial charge in [-0.2, -0.15) is 0 Å². The average molecular weight is 377 g/mol. The summed E-state index contributed by atoms with van der Waals surface area (Å²) in [6, 6.07) is 5.99. The predicted molar refractivity (Wildman–Crippen MR) is 102 cm³/mol. The van der Waals surface area contributed by atoms with Crippen LogP contribution in [0.5, 0.6) is 0 Å². The van der Waals surface area contributed by atoms with Crippen LogP contribution in [0.3, 0.4) is 0 Å². The molecule has 7 nitrogen and oxygen atoms in total. The van der Waals surface area contributed by atoms with Crippen LogP contribution in [0.1, 0.15) is 12.8 Å². The first-order chi connectivity index (χ1) is 13.2. The standard InChI is InChI=1S/C20H31N3O4/c1-25-13-16-11-15-12-17(26-2)19(20(15,24)14-27-16)23-9-7-22(8-10-23)18-5-3-4-6-21-18/h3-6,15-17,19,24H,7-14H2,1-2H3/t15-,16+,17+,19-,20-/m0/s1. The molecule has 27 heavy (non-hydrogen) atoms. The molecule has 0 unspecified atom stereocenters. The summed E-state index contributed by atoms with van der Waals surface area (Å²) in [5.41, 5.74) is -0.849. The SMILES string of the molecule is COC[C@H]1C[C@H]2C[C@@H](OC)[C@H](N3CCN(c4ccccn4)CC3)[C@]2(O)CO1. The van der Waals surface area contributed by atoms with E-state index in [9.17, 15) is 5.11 Å². The van der Waals surface area contributed by atoms with Gasteiger partial charge in [0.2, 0.25) is 0 Å². The second-order valence-electron chi connectivity index (χ2n) is 7.98. The van der Waals surface area contributed by atoms with Crippen molar-refractivity contribution in [3.63, 3.8) is 0 Å². The molecular formula is C20H31N3O4. The van der Waals surface area contributed by atoms with Gasteiger partial charge in [0, 0.05) is 46.6 Å². The van der Waals surface area contributed by atoms with Crippen LogP contribution in [0.4, 0.5) is 5.82 Å². The summed E-state index contributed by atoms with van der Waals surface area (Å²) in [7, 11) is 3.46. The van der Waals surface area contributed by atoms with Crippen molar-refractivity contribution in [1.29, 1.82) is 0 Å². The Labute approximate surface area is 161 Å². The molecule has 0 amide bonds. The lowest BCUT2D eigenvalue weighted by atomic mass is 9.82. The smallest absolute Gasteiger partial charge is 0.128 e. The number of methoxy groups -OCH3 is 2. The van der Waals surface area contributed by atoms with Crippen LogP contribution >= 0.6 is 0 Å². The topological polar surface area (TPSA) is 67.3 Å². The van der Waals surface area contributed by atoms with Gasteiger partial charge in [0.1, 0.15) is 11.4 Å². The Kier molecular flexibility index (Phi) is 5.66. The first kappa shape index (κ1) is 19.1. The second kappa shape index (κ2) is 8.01. The zero-order chi connectivity index (χ0) is 18.9. The van der Waals surface area contributed by atoms with Gasteiger partial charge in [0.25, 0.3) is 0 Å². The van der Waals surface area contributed by atoms with E-state index in [0.29, 0.717) is 13.2 Å². The predicted octanol–water partition coefficient (Wildman–Crippen LogP) is 0.774. The summed E-state index contributed by atoms with van der Waals surface area (Å²) in [4.78, 5) is 9.17. The van der Waals surface area contributed by atoms with Gasteiger partial charge in [-0.05, 0) is 30.9 Å². The molecule has 2 aliphatic heterocycles. The third-order valence-electron chi connectivity index (χ3n) is 6.52. The van der Waals surface area contributed by atoms with Crippen molar-refractivity contribution in [2.75, 3.05) is 58.5 Å². The third-order valence-corrected chi connectivity index (χ3v) is 6.52. The molecule has 1 N–H and O–H groups in total. The maximum absolute atomic E-state index is 11.6. The van der Waals surface area contributed by atoms with Crippen LogP contribution in [0.2, 0.25) is 0 Å². The number of pyridine rings is 1. The van der Waals surface area contributed by atoms with Gasteiger partial charge in [-0.25, -0.2) is 4.98 Å². The first-order valence-electron chi connectivity index (χ1n) is 9.91. The molecule has 0 aromatic carbocycles. The molecule has 4 rings (SSSR count). The minimum absolute atomic E-state index is 0.0260. The van der Waals surface area contributed by atoms with Crippen molar-refractivity contribution < 1.29 is 19.3 Å². The van der Waals surface area contributed by atoms with Gasteiger partial charge in [-0.1, -0.05) is 6.07 Å². The first-order valence-corrected chi connectivity index (χ1v) is 9.91. The number of nitrogens with zero attached hydrogens (tertiary/aromatic N) is 3. The van der Waals surface area contributed by atoms with E-state index in [1.54, 1.807) is 14.2 Å². The maximum atomic E-state index is 11.6. The monoisotopic (exact) mass is 377 g/mol. The summed E-state index contributed by atoms with van der Waals surface area (Å²) in [6.07, 6.45) is 3.64. The Morgan fingerprint density at radius 1 is 1.22 bits per heavy atom. The van der Waals surface area contributed by atoms with Gasteiger partial charge in [-0.15, -0.1) is 0 Å². The minimum atomic E-state index is -0.849. The largest absolute Gasteiger partial charge is 0.385 e. The summed E-state index contributed by atoms with van der Waals surface area (Å²) >= 11 is 0. The number of hydrogen-bond donors (Lipinski definition) is 1. The number of hydrogen-bond acceptors (Lipinski definition) is 7. The molecule has 150 valence electrons. The number of rotatable bonds is 5. The summed E-state index contributed by atoms with van der Waals surface area (Å²) in [5, 5.41) is 11.6. The Balaban J connectivity index is 1.45. The van der Waals surface area contributed by atoms with Crippen molar-refractivity contribution >= 4 is 5.82 Å². The minimum Gasteiger partial charge on any atom is -0.385 e. The Hall–Kier alpha value is -1.25. The fourth-order valence-corrected chi connectivity index (χ4v) is 5.17. The van der Waals surface area contributed by atoms with Crippen LogP contribution in [0.15, 0.2) is 24.4 Å². The summed E-state index contributed by atoms with van der Waals surface area (Å²) in [6.45, 7) is 4.51. The van der Waals surface area contributed by atoms with Crippen molar-refractivity contribution in [2.45, 2.75) is 36.7 Å². The zero-order valence-corrected chi connectivity index (χ0v) is 16.3. The molecule has 0 bridgehead atoms. The number of anilines is 1. The number of aromatic nitrogens is 1. The molecule has 3 aliphatic rings. The maximum Gasteiger partial charge on any atom is 0.128 e. The Morgan fingerprint density at radius 3 is 2.70 bits per heavy atom. The molecule has 0 spiro atoms. The average Bonchev–Trinajstić information content (AvgIpc) is 3.01. The number of ether oxygens (including phenoxy) is 3. The van der Waals surface area contributed by atoms with Crippen molar-refractivity contribution in [2.24, 2.45) is 5.92 Å². The van der Waals surface area contributed by atoms with Crippen molar-refractivity contribution in [1.82, 2.24) is 9.88 Å². The molecule has 2 saturated heterocycles. The Bertz CT molecular complexity index is 611. The molecule has 0 radical (unpaired) electrons. The van der Waals surface area contributed by atoms with Crippen LogP contribution in [0.25, 0.3) is 0 Å². The van der Waals surface area contributed by atoms with E-state index in [-0.39, 0.29) is 24.2 Å². The van der Waals surface area contributed by atoms with Gasteiger partial charge >= 0.3 is 0 Å². The quantitative estimate of drug-likeness (QED) is 0.813. The van der Waals surface area contributed by atoms with E-state index in [4.69, 9.17) is 14.2 Å².